The molecule has 2 N–H and O–H groups in total. The predicted molar refractivity (Wildman–Crippen MR) is 78.8 cm³/mol. The molecule has 0 saturated carbocycles. The van der Waals surface area contributed by atoms with Crippen molar-refractivity contribution in [1.29, 1.82) is 0 Å². The lowest BCUT2D eigenvalue weighted by Gasteiger charge is -1.95. The lowest BCUT2D eigenvalue weighted by atomic mass is 10.1. The van der Waals surface area contributed by atoms with Gasteiger partial charge in [0.15, 0.2) is 0 Å². The Morgan fingerprint density at radius 1 is 1.27 bits per heavy atom. The molecule has 6 heteroatoms. The zero-order chi connectivity index (χ0) is 15.7. The number of rotatable bonds is 2. The van der Waals surface area contributed by atoms with Crippen LogP contribution in [-0.2, 0) is 0 Å². The molecule has 0 spiro atoms. The smallest absolute Gasteiger partial charge is 0.340 e. The van der Waals surface area contributed by atoms with Crippen molar-refractivity contribution in [3.05, 3.63) is 65.4 Å². The van der Waals surface area contributed by atoms with E-state index in [0.717, 1.165) is 10.7 Å². The number of carbonyl (C=O) groups is 1. The van der Waals surface area contributed by atoms with E-state index in [0.29, 0.717) is 16.6 Å². The summed E-state index contributed by atoms with van der Waals surface area (Å²) in [6, 6.07) is 10.3. The van der Waals surface area contributed by atoms with E-state index in [9.17, 15) is 13.6 Å². The van der Waals surface area contributed by atoms with Gasteiger partial charge in [0.25, 0.3) is 0 Å². The van der Waals surface area contributed by atoms with Crippen molar-refractivity contribution in [2.24, 2.45) is 5.73 Å². The van der Waals surface area contributed by atoms with Crippen LogP contribution in [0.2, 0.25) is 0 Å². The first-order chi connectivity index (χ1) is 10.6. The van der Waals surface area contributed by atoms with Crippen molar-refractivity contribution in [2.75, 3.05) is 0 Å². The molecule has 1 amide bonds. The summed E-state index contributed by atoms with van der Waals surface area (Å²) in [5.74, 6) is -1.01. The normalized spacial score (nSPS) is 11.4. The number of halogens is 2. The predicted octanol–water partition coefficient (Wildman–Crippen LogP) is 3.21. The lowest BCUT2D eigenvalue weighted by molar-refractivity contribution is 0.248. The van der Waals surface area contributed by atoms with Crippen molar-refractivity contribution in [1.82, 2.24) is 9.78 Å². The highest BCUT2D eigenvalue weighted by molar-refractivity contribution is 5.95. The fourth-order valence-electron chi connectivity index (χ4n) is 2.12. The first-order valence-electron chi connectivity index (χ1n) is 6.38. The molecule has 1 radical (unpaired) electrons. The van der Waals surface area contributed by atoms with Crippen LogP contribution in [0.5, 0.6) is 0 Å². The van der Waals surface area contributed by atoms with Crippen LogP contribution >= 0.6 is 0 Å². The molecule has 0 aliphatic carbocycles. The van der Waals surface area contributed by atoms with Crippen molar-refractivity contribution in [3.63, 3.8) is 0 Å². The van der Waals surface area contributed by atoms with Crippen LogP contribution < -0.4 is 5.73 Å². The van der Waals surface area contributed by atoms with E-state index in [-0.39, 0.29) is 11.3 Å². The Balaban J connectivity index is 2.12. The van der Waals surface area contributed by atoms with Gasteiger partial charge in [0.05, 0.1) is 11.2 Å². The van der Waals surface area contributed by atoms with Gasteiger partial charge in [-0.3, -0.25) is 0 Å². The Bertz CT molecular complexity index is 900. The molecule has 0 aliphatic rings. The third-order valence-corrected chi connectivity index (χ3v) is 3.14. The van der Waals surface area contributed by atoms with Crippen molar-refractivity contribution in [2.45, 2.75) is 0 Å². The average molecular weight is 298 g/mol. The molecule has 2 aromatic carbocycles. The number of hydrogen-bond donors (Lipinski definition) is 1. The number of primary amides is 1. The van der Waals surface area contributed by atoms with Gasteiger partial charge in [0.1, 0.15) is 11.6 Å². The van der Waals surface area contributed by atoms with Gasteiger partial charge in [-0.25, -0.2) is 13.6 Å². The molecule has 0 bridgehead atoms. The molecule has 0 aliphatic heterocycles. The largest absolute Gasteiger partial charge is 0.350 e. The lowest BCUT2D eigenvalue weighted by Crippen LogP contribution is -2.20. The molecule has 4 nitrogen and oxygen atoms in total. The summed E-state index contributed by atoms with van der Waals surface area (Å²) < 4.78 is 27.8. The number of nitrogens with two attached hydrogens (primary N) is 1. The summed E-state index contributed by atoms with van der Waals surface area (Å²) >= 11 is 0. The second kappa shape index (κ2) is 5.40. The quantitative estimate of drug-likeness (QED) is 0.789. The minimum absolute atomic E-state index is 0.233. The molecule has 0 fully saturated rings. The summed E-state index contributed by atoms with van der Waals surface area (Å²) in [7, 11) is 0. The maximum absolute atomic E-state index is 13.6. The number of fused-ring (bicyclic) bond motifs is 1. The topological polar surface area (TPSA) is 60.9 Å². The number of amides is 1. The summed E-state index contributed by atoms with van der Waals surface area (Å²) in [6.45, 7) is 0. The highest BCUT2D eigenvalue weighted by atomic mass is 19.1. The molecule has 1 aromatic heterocycles. The minimum Gasteiger partial charge on any atom is -0.350 e. The molecule has 3 aromatic rings. The van der Waals surface area contributed by atoms with Crippen LogP contribution in [0.3, 0.4) is 0 Å². The van der Waals surface area contributed by atoms with Gasteiger partial charge in [-0.2, -0.15) is 9.78 Å². The molecule has 109 valence electrons. The monoisotopic (exact) mass is 298 g/mol. The number of carbonyl (C=O) groups excluding carboxylic acids is 1. The highest BCUT2D eigenvalue weighted by Gasteiger charge is 2.13. The number of nitrogens with zero attached hydrogens (tertiary/aromatic N) is 2. The first kappa shape index (κ1) is 13.9. The second-order valence-electron chi connectivity index (χ2n) is 4.57. The average Bonchev–Trinajstić information content (AvgIpc) is 2.84. The Hall–Kier alpha value is -3.02. The zero-order valence-corrected chi connectivity index (χ0v) is 11.3. The van der Waals surface area contributed by atoms with Crippen LogP contribution in [0.4, 0.5) is 13.6 Å². The van der Waals surface area contributed by atoms with E-state index in [1.165, 1.54) is 24.3 Å². The molecule has 0 unspecified atom stereocenters. The van der Waals surface area contributed by atoms with Crippen molar-refractivity contribution >= 4 is 29.1 Å². The molecule has 22 heavy (non-hydrogen) atoms. The number of aromatic nitrogens is 2. The van der Waals surface area contributed by atoms with Crippen LogP contribution in [0.25, 0.3) is 23.1 Å². The van der Waals surface area contributed by atoms with Crippen molar-refractivity contribution < 1.29 is 13.6 Å². The van der Waals surface area contributed by atoms with Crippen LogP contribution in [0.1, 0.15) is 11.3 Å². The third-order valence-electron chi connectivity index (χ3n) is 3.14. The fourth-order valence-corrected chi connectivity index (χ4v) is 2.12. The maximum Gasteiger partial charge on any atom is 0.340 e. The third kappa shape index (κ3) is 2.46. The SMILES string of the molecule is NC(=O)n1nc(C=Cc2ccccc2F)c2c[c]c(F)cc21. The van der Waals surface area contributed by atoms with E-state index >= 15 is 0 Å². The van der Waals surface area contributed by atoms with Gasteiger partial charge in [-0.15, -0.1) is 0 Å². The van der Waals surface area contributed by atoms with Crippen molar-refractivity contribution in [3.8, 4) is 0 Å². The summed E-state index contributed by atoms with van der Waals surface area (Å²) in [4.78, 5) is 11.4. The first-order valence-corrected chi connectivity index (χ1v) is 6.38. The Morgan fingerprint density at radius 3 is 2.77 bits per heavy atom. The summed E-state index contributed by atoms with van der Waals surface area (Å²) in [6.07, 6.45) is 3.05. The van der Waals surface area contributed by atoms with E-state index in [2.05, 4.69) is 11.2 Å². The van der Waals surface area contributed by atoms with Gasteiger partial charge in [-0.1, -0.05) is 18.2 Å². The highest BCUT2D eigenvalue weighted by Crippen LogP contribution is 2.21. The molecule has 0 saturated heterocycles. The van der Waals surface area contributed by atoms with Gasteiger partial charge >= 0.3 is 6.03 Å². The Morgan fingerprint density at radius 2 is 2.05 bits per heavy atom. The Labute approximate surface area is 124 Å². The maximum atomic E-state index is 13.6. The zero-order valence-electron chi connectivity index (χ0n) is 11.3. The van der Waals surface area contributed by atoms with Crippen LogP contribution in [-0.4, -0.2) is 15.8 Å². The molecule has 3 rings (SSSR count). The Kier molecular flexibility index (Phi) is 3.42. The van der Waals surface area contributed by atoms with Gasteiger partial charge in [0.2, 0.25) is 0 Å². The van der Waals surface area contributed by atoms with E-state index in [1.54, 1.807) is 18.2 Å². The molecule has 0 atom stereocenters. The standard InChI is InChI=1S/C16H10F2N3O/c17-11-6-7-12-14(20-21(16(19)22)15(12)9-11)8-5-10-3-1-2-4-13(10)18/h1-5,7-9H,(H2,19,22). The summed E-state index contributed by atoms with van der Waals surface area (Å²) in [5.41, 5.74) is 6.19. The number of benzene rings is 2. The van der Waals surface area contributed by atoms with Gasteiger partial charge < -0.3 is 5.73 Å². The minimum atomic E-state index is -0.832. The van der Waals surface area contributed by atoms with Crippen LogP contribution in [0, 0.1) is 17.7 Å². The van der Waals surface area contributed by atoms with E-state index < -0.39 is 11.8 Å². The number of hydrogen-bond acceptors (Lipinski definition) is 2. The summed E-state index contributed by atoms with van der Waals surface area (Å²) in [5, 5.41) is 4.51. The van der Waals surface area contributed by atoms with Crippen LogP contribution in [0.15, 0.2) is 36.4 Å². The second-order valence-corrected chi connectivity index (χ2v) is 4.57. The molecule has 1 heterocycles. The fraction of sp³-hybridized carbons (Fsp3) is 0. The molecular weight excluding hydrogens is 288 g/mol. The molecular formula is C16H10F2N3O. The van der Waals surface area contributed by atoms with Gasteiger partial charge in [0, 0.05) is 23.1 Å². The van der Waals surface area contributed by atoms with Gasteiger partial charge in [-0.05, 0) is 24.3 Å². The van der Waals surface area contributed by atoms with E-state index in [1.807, 2.05) is 0 Å². The van der Waals surface area contributed by atoms with E-state index in [4.69, 9.17) is 5.73 Å².